The summed E-state index contributed by atoms with van der Waals surface area (Å²) in [5, 5.41) is 2.84. The predicted octanol–water partition coefficient (Wildman–Crippen LogP) is 7.09. The predicted molar refractivity (Wildman–Crippen MR) is 118 cm³/mol. The average molecular weight is 440 g/mol. The van der Waals surface area contributed by atoms with E-state index in [9.17, 15) is 4.39 Å². The van der Waals surface area contributed by atoms with Crippen LogP contribution in [0.2, 0.25) is 18.1 Å². The van der Waals surface area contributed by atoms with Gasteiger partial charge in [-0.1, -0.05) is 88.8 Å². The second-order valence-corrected chi connectivity index (χ2v) is 14.4. The lowest BCUT2D eigenvalue weighted by atomic mass is 9.74. The molecule has 2 aliphatic rings. The molecule has 26 heavy (non-hydrogen) atoms. The molecule has 1 heterocycles. The number of rotatable bonds is 7. The molecule has 0 aromatic heterocycles. The van der Waals surface area contributed by atoms with Crippen LogP contribution in [0, 0.1) is 17.8 Å². The van der Waals surface area contributed by atoms with Gasteiger partial charge in [-0.15, -0.1) is 0 Å². The van der Waals surface area contributed by atoms with Crippen LogP contribution in [0.25, 0.3) is 0 Å². The smallest absolute Gasteiger partial charge is 0.0973 e. The molecule has 0 amide bonds. The van der Waals surface area contributed by atoms with Gasteiger partial charge in [-0.2, -0.15) is 0 Å². The van der Waals surface area contributed by atoms with E-state index in [0.29, 0.717) is 0 Å². The summed E-state index contributed by atoms with van der Waals surface area (Å²) in [5.74, 6) is 2.88. The van der Waals surface area contributed by atoms with E-state index in [1.807, 2.05) is 0 Å². The molecule has 1 aliphatic carbocycles. The largest absolute Gasteiger partial charge is 0.248 e. The maximum Gasteiger partial charge on any atom is 0.0973 e. The Morgan fingerprint density at radius 1 is 1.00 bits per heavy atom. The monoisotopic (exact) mass is 438 g/mol. The highest BCUT2D eigenvalue weighted by Crippen LogP contribution is 2.44. The summed E-state index contributed by atoms with van der Waals surface area (Å²) in [5.41, 5.74) is 0. The summed E-state index contributed by atoms with van der Waals surface area (Å²) in [4.78, 5) is 0. The van der Waals surface area contributed by atoms with Gasteiger partial charge in [-0.3, -0.25) is 0 Å². The molecule has 3 heteroatoms. The molecular weight excluding hydrogens is 403 g/mol. The van der Waals surface area contributed by atoms with Crippen molar-refractivity contribution in [2.24, 2.45) is 17.8 Å². The highest BCUT2D eigenvalue weighted by molar-refractivity contribution is 9.09. The van der Waals surface area contributed by atoms with E-state index in [-0.39, 0.29) is 0 Å². The van der Waals surface area contributed by atoms with Crippen LogP contribution in [0.5, 0.6) is 0 Å². The van der Waals surface area contributed by atoms with Gasteiger partial charge in [0.05, 0.1) is 14.2 Å². The van der Waals surface area contributed by atoms with Gasteiger partial charge in [0.15, 0.2) is 0 Å². The average Bonchev–Trinajstić information content (AvgIpc) is 2.69. The molecule has 0 spiro atoms. The molecule has 3 rings (SSSR count). The highest BCUT2D eigenvalue weighted by Gasteiger charge is 2.40. The molecule has 0 radical (unpaired) electrons. The van der Waals surface area contributed by atoms with Gasteiger partial charge in [0.1, 0.15) is 0 Å². The zero-order chi connectivity index (χ0) is 18.4. The first-order valence-corrected chi connectivity index (χ1v) is 14.6. The fraction of sp³-hybridized carbons (Fsp3) is 0.739. The lowest BCUT2D eigenvalue weighted by molar-refractivity contribution is 0.200. The normalized spacial score (nSPS) is 33.7. The third kappa shape index (κ3) is 5.22. The van der Waals surface area contributed by atoms with Crippen molar-refractivity contribution in [1.29, 1.82) is 0 Å². The van der Waals surface area contributed by atoms with Crippen LogP contribution in [0.3, 0.4) is 0 Å². The van der Waals surface area contributed by atoms with E-state index >= 15 is 0 Å². The number of hydrogen-bond acceptors (Lipinski definition) is 0. The third-order valence-corrected chi connectivity index (χ3v) is 13.7. The molecule has 1 atom stereocenters. The number of alkyl halides is 2. The molecule has 146 valence electrons. The third-order valence-electron chi connectivity index (χ3n) is 7.41. The van der Waals surface area contributed by atoms with E-state index in [1.54, 1.807) is 12.1 Å². The van der Waals surface area contributed by atoms with Crippen molar-refractivity contribution in [2.45, 2.75) is 82.6 Å². The summed E-state index contributed by atoms with van der Waals surface area (Å²) in [6.45, 7) is 1.72. The Hall–Kier alpha value is -0.153. The van der Waals surface area contributed by atoms with E-state index in [1.165, 1.54) is 62.0 Å². The Kier molecular flexibility index (Phi) is 7.81. The second kappa shape index (κ2) is 9.86. The summed E-state index contributed by atoms with van der Waals surface area (Å²) in [6.07, 6.45) is 9.86. The lowest BCUT2D eigenvalue weighted by Gasteiger charge is -2.43. The van der Waals surface area contributed by atoms with E-state index in [0.717, 1.165) is 30.6 Å². The van der Waals surface area contributed by atoms with E-state index in [4.69, 9.17) is 0 Å². The zero-order valence-corrected chi connectivity index (χ0v) is 19.0. The van der Waals surface area contributed by atoms with Gasteiger partial charge in [0, 0.05) is 5.33 Å². The van der Waals surface area contributed by atoms with Gasteiger partial charge >= 0.3 is 0 Å². The Balaban J connectivity index is 1.61. The first kappa shape index (κ1) is 20.6. The molecule has 1 unspecified atom stereocenters. The van der Waals surface area contributed by atoms with Crippen LogP contribution in [0.15, 0.2) is 30.3 Å². The van der Waals surface area contributed by atoms with Crippen molar-refractivity contribution in [1.82, 2.24) is 0 Å². The first-order valence-electron chi connectivity index (χ1n) is 10.9. The Bertz CT molecular complexity index is 516. The summed E-state index contributed by atoms with van der Waals surface area (Å²) < 4.78 is 13.4. The molecular formula is C23H36BrFSi. The second-order valence-electron chi connectivity index (χ2n) is 9.09. The Morgan fingerprint density at radius 3 is 2.19 bits per heavy atom. The minimum Gasteiger partial charge on any atom is -0.248 e. The van der Waals surface area contributed by atoms with Crippen molar-refractivity contribution < 1.29 is 4.39 Å². The van der Waals surface area contributed by atoms with Crippen LogP contribution in [-0.4, -0.2) is 19.6 Å². The number of hydrogen-bond donors (Lipinski definition) is 0. The fourth-order valence-corrected chi connectivity index (χ4v) is 11.6. The van der Waals surface area contributed by atoms with Crippen LogP contribution in [0.1, 0.15) is 58.3 Å². The summed E-state index contributed by atoms with van der Waals surface area (Å²) >= 11 is 3.68. The van der Waals surface area contributed by atoms with E-state index in [2.05, 4.69) is 46.3 Å². The van der Waals surface area contributed by atoms with Gasteiger partial charge in [-0.05, 0) is 56.8 Å². The summed E-state index contributed by atoms with van der Waals surface area (Å²) in [7, 11) is -1.43. The Morgan fingerprint density at radius 2 is 1.62 bits per heavy atom. The minimum absolute atomic E-state index is 0.641. The van der Waals surface area contributed by atoms with Crippen molar-refractivity contribution in [3.05, 3.63) is 30.3 Å². The van der Waals surface area contributed by atoms with Gasteiger partial charge in [0.2, 0.25) is 0 Å². The number of halogens is 2. The molecule has 1 aliphatic heterocycles. The standard InChI is InChI=1S/C23H36BrFSi/c1-19(25)6-5-15-26(23-7-3-2-4-8-23)16-13-22(14-17-26)21-11-9-20(18-24)10-12-21/h2-4,7-8,19-22H,5-6,9-18H2,1H3. The lowest BCUT2D eigenvalue weighted by Crippen LogP contribution is -2.50. The van der Waals surface area contributed by atoms with Crippen LogP contribution in [0.4, 0.5) is 4.39 Å². The van der Waals surface area contributed by atoms with E-state index < -0.39 is 14.2 Å². The molecule has 0 N–H and O–H groups in total. The van der Waals surface area contributed by atoms with Crippen molar-refractivity contribution >= 4 is 29.2 Å². The molecule has 1 saturated heterocycles. The molecule has 0 bridgehead atoms. The van der Waals surface area contributed by atoms with Crippen molar-refractivity contribution in [3.8, 4) is 0 Å². The highest BCUT2D eigenvalue weighted by atomic mass is 79.9. The maximum atomic E-state index is 13.4. The van der Waals surface area contributed by atoms with Crippen LogP contribution < -0.4 is 5.19 Å². The quantitative estimate of drug-likeness (QED) is 0.314. The van der Waals surface area contributed by atoms with Crippen LogP contribution in [-0.2, 0) is 0 Å². The molecule has 2 fully saturated rings. The van der Waals surface area contributed by atoms with Crippen molar-refractivity contribution in [3.63, 3.8) is 0 Å². The molecule has 0 nitrogen and oxygen atoms in total. The van der Waals surface area contributed by atoms with Gasteiger partial charge < -0.3 is 0 Å². The number of benzene rings is 1. The minimum atomic E-state index is -1.43. The molecule has 1 aromatic carbocycles. The fourth-order valence-electron chi connectivity index (χ4n) is 5.67. The SMILES string of the molecule is CC(F)CCC[Si]1(c2ccccc2)CCC(C2CCC(CBr)CC2)CC1. The van der Waals surface area contributed by atoms with Gasteiger partial charge in [-0.25, -0.2) is 4.39 Å². The molecule has 1 aromatic rings. The van der Waals surface area contributed by atoms with Crippen LogP contribution >= 0.6 is 15.9 Å². The first-order chi connectivity index (χ1) is 12.6. The summed E-state index contributed by atoms with van der Waals surface area (Å²) in [6, 6.07) is 15.5. The Labute approximate surface area is 169 Å². The topological polar surface area (TPSA) is 0 Å². The van der Waals surface area contributed by atoms with Gasteiger partial charge in [0.25, 0.3) is 0 Å². The molecule has 1 saturated carbocycles. The zero-order valence-electron chi connectivity index (χ0n) is 16.4. The maximum absolute atomic E-state index is 13.4. The van der Waals surface area contributed by atoms with Crippen molar-refractivity contribution in [2.75, 3.05) is 5.33 Å².